The van der Waals surface area contributed by atoms with Crippen molar-refractivity contribution in [2.75, 3.05) is 6.61 Å². The van der Waals surface area contributed by atoms with Crippen LogP contribution in [0.2, 0.25) is 0 Å². The summed E-state index contributed by atoms with van der Waals surface area (Å²) < 4.78 is 17.3. The number of fused-ring (bicyclic) bond motifs is 3. The zero-order chi connectivity index (χ0) is 20.3. The molecule has 4 heterocycles. The van der Waals surface area contributed by atoms with Crippen LogP contribution in [0.3, 0.4) is 0 Å². The van der Waals surface area contributed by atoms with E-state index in [2.05, 4.69) is 20.5 Å². The molecular formula is C21H18BrN3O4. The number of hydrogen-bond donors (Lipinski definition) is 0. The standard InChI is InChI=1S/C21H18BrN3O4/c1-23-17-15(20(26)24(2)21(23)27)16(12-5-3-6-13(22)11-12)25-8-10-29-19(18(17)25)14-7-4-9-28-14/h3-7,9,11,19H,8,10H2,1-2H3/t19-/m0/s1. The van der Waals surface area contributed by atoms with E-state index >= 15 is 0 Å². The summed E-state index contributed by atoms with van der Waals surface area (Å²) in [7, 11) is 3.19. The summed E-state index contributed by atoms with van der Waals surface area (Å²) in [6.45, 7) is 1.04. The van der Waals surface area contributed by atoms with Crippen molar-refractivity contribution in [3.63, 3.8) is 0 Å². The number of aromatic nitrogens is 3. The van der Waals surface area contributed by atoms with Crippen LogP contribution in [0.4, 0.5) is 0 Å². The Morgan fingerprint density at radius 2 is 1.93 bits per heavy atom. The van der Waals surface area contributed by atoms with Crippen LogP contribution in [0.1, 0.15) is 17.6 Å². The molecule has 0 amide bonds. The number of nitrogens with zero attached hydrogens (tertiary/aromatic N) is 3. The molecule has 0 aliphatic carbocycles. The molecule has 0 spiro atoms. The normalized spacial score (nSPS) is 16.3. The third kappa shape index (κ3) is 2.59. The van der Waals surface area contributed by atoms with Crippen LogP contribution in [-0.2, 0) is 25.4 Å². The molecule has 29 heavy (non-hydrogen) atoms. The van der Waals surface area contributed by atoms with Crippen LogP contribution in [0.5, 0.6) is 0 Å². The Kier molecular flexibility index (Phi) is 4.15. The smallest absolute Gasteiger partial charge is 0.331 e. The van der Waals surface area contributed by atoms with Gasteiger partial charge in [0.05, 0.1) is 35.2 Å². The highest BCUT2D eigenvalue weighted by Crippen LogP contribution is 2.40. The predicted octanol–water partition coefficient (Wildman–Crippen LogP) is 3.18. The lowest BCUT2D eigenvalue weighted by Crippen LogP contribution is -2.37. The van der Waals surface area contributed by atoms with Crippen LogP contribution in [-0.4, -0.2) is 20.3 Å². The van der Waals surface area contributed by atoms with Crippen LogP contribution < -0.4 is 11.2 Å². The summed E-state index contributed by atoms with van der Waals surface area (Å²) >= 11 is 3.52. The Labute approximate surface area is 173 Å². The fourth-order valence-electron chi connectivity index (χ4n) is 4.17. The first-order chi connectivity index (χ1) is 14.0. The average Bonchev–Trinajstić information content (AvgIpc) is 3.36. The van der Waals surface area contributed by atoms with Crippen molar-refractivity contribution in [3.8, 4) is 11.3 Å². The quantitative estimate of drug-likeness (QED) is 0.465. The van der Waals surface area contributed by atoms with Gasteiger partial charge in [-0.05, 0) is 24.3 Å². The molecule has 7 nitrogen and oxygen atoms in total. The zero-order valence-corrected chi connectivity index (χ0v) is 17.5. The van der Waals surface area contributed by atoms with Crippen molar-refractivity contribution in [1.29, 1.82) is 0 Å². The van der Waals surface area contributed by atoms with Gasteiger partial charge >= 0.3 is 5.69 Å². The fraction of sp³-hybridized carbons (Fsp3) is 0.238. The lowest BCUT2D eigenvalue weighted by atomic mass is 10.1. The predicted molar refractivity (Wildman–Crippen MR) is 112 cm³/mol. The maximum absolute atomic E-state index is 13.3. The third-order valence-corrected chi connectivity index (χ3v) is 5.95. The molecule has 1 atom stereocenters. The van der Waals surface area contributed by atoms with Crippen molar-refractivity contribution in [1.82, 2.24) is 13.7 Å². The number of aryl methyl sites for hydroxylation is 1. The van der Waals surface area contributed by atoms with Crippen molar-refractivity contribution >= 4 is 26.8 Å². The van der Waals surface area contributed by atoms with Crippen molar-refractivity contribution in [2.24, 2.45) is 14.1 Å². The SMILES string of the molecule is Cn1c(=O)c2c(-c3cccc(Br)c3)n3c(c2n(C)c1=O)[C@H](c1ccco1)OCC3. The average molecular weight is 456 g/mol. The molecule has 0 radical (unpaired) electrons. The van der Waals surface area contributed by atoms with E-state index in [0.29, 0.717) is 29.8 Å². The molecule has 1 aliphatic heterocycles. The zero-order valence-electron chi connectivity index (χ0n) is 15.9. The van der Waals surface area contributed by atoms with Crippen molar-refractivity contribution < 1.29 is 9.15 Å². The minimum absolute atomic E-state index is 0.321. The molecule has 0 unspecified atom stereocenters. The highest BCUT2D eigenvalue weighted by Gasteiger charge is 2.34. The second-order valence-corrected chi connectivity index (χ2v) is 8.01. The molecule has 0 N–H and O–H groups in total. The van der Waals surface area contributed by atoms with E-state index in [1.54, 1.807) is 19.4 Å². The van der Waals surface area contributed by atoms with E-state index in [9.17, 15) is 9.59 Å². The molecule has 3 aromatic heterocycles. The van der Waals surface area contributed by atoms with E-state index < -0.39 is 6.10 Å². The maximum Gasteiger partial charge on any atom is 0.331 e. The number of benzene rings is 1. The molecule has 0 saturated carbocycles. The van der Waals surface area contributed by atoms with Gasteiger partial charge in [0.1, 0.15) is 5.76 Å². The highest BCUT2D eigenvalue weighted by atomic mass is 79.9. The van der Waals surface area contributed by atoms with Gasteiger partial charge in [0.2, 0.25) is 0 Å². The first-order valence-corrected chi connectivity index (χ1v) is 10.0. The number of ether oxygens (including phenoxy) is 1. The van der Waals surface area contributed by atoms with Gasteiger partial charge < -0.3 is 13.7 Å². The van der Waals surface area contributed by atoms with E-state index in [1.165, 1.54) is 11.6 Å². The largest absolute Gasteiger partial charge is 0.466 e. The molecule has 0 fully saturated rings. The van der Waals surface area contributed by atoms with Crippen molar-refractivity contribution in [3.05, 3.63) is 79.4 Å². The summed E-state index contributed by atoms with van der Waals surface area (Å²) in [6, 6.07) is 11.5. The molecule has 1 aliphatic rings. The molecule has 148 valence electrons. The lowest BCUT2D eigenvalue weighted by molar-refractivity contribution is 0.0347. The number of hydrogen-bond acceptors (Lipinski definition) is 4. The molecule has 1 aromatic carbocycles. The van der Waals surface area contributed by atoms with Gasteiger partial charge in [-0.3, -0.25) is 13.9 Å². The third-order valence-electron chi connectivity index (χ3n) is 5.45. The first-order valence-electron chi connectivity index (χ1n) is 9.22. The van der Waals surface area contributed by atoms with Gasteiger partial charge in [-0.25, -0.2) is 4.79 Å². The summed E-state index contributed by atoms with van der Waals surface area (Å²) in [5.41, 5.74) is 2.32. The van der Waals surface area contributed by atoms with Gasteiger partial charge in [0.25, 0.3) is 5.56 Å². The van der Waals surface area contributed by atoms with Crippen LogP contribution in [0, 0.1) is 0 Å². The topological polar surface area (TPSA) is 71.3 Å². The van der Waals surface area contributed by atoms with Crippen LogP contribution in [0.15, 0.2) is 61.1 Å². The Hall–Kier alpha value is -2.84. The summed E-state index contributed by atoms with van der Waals surface area (Å²) in [5, 5.41) is 0.504. The Bertz CT molecular complexity index is 1360. The molecule has 5 rings (SSSR count). The molecule has 8 heteroatoms. The second-order valence-electron chi connectivity index (χ2n) is 7.09. The number of furan rings is 1. The van der Waals surface area contributed by atoms with E-state index in [0.717, 1.165) is 26.0 Å². The van der Waals surface area contributed by atoms with Gasteiger partial charge in [-0.1, -0.05) is 28.1 Å². The summed E-state index contributed by atoms with van der Waals surface area (Å²) in [6.07, 6.45) is 1.09. The van der Waals surface area contributed by atoms with Gasteiger partial charge in [-0.2, -0.15) is 0 Å². The fourth-order valence-corrected chi connectivity index (χ4v) is 4.57. The van der Waals surface area contributed by atoms with E-state index in [1.807, 2.05) is 30.3 Å². The minimum Gasteiger partial charge on any atom is -0.466 e. The first kappa shape index (κ1) is 18.2. The second kappa shape index (κ2) is 6.60. The van der Waals surface area contributed by atoms with E-state index in [4.69, 9.17) is 9.15 Å². The minimum atomic E-state index is -0.500. The molecule has 0 bridgehead atoms. The Balaban J connectivity index is 1.99. The van der Waals surface area contributed by atoms with E-state index in [-0.39, 0.29) is 11.2 Å². The Morgan fingerprint density at radius 3 is 2.66 bits per heavy atom. The molecular weight excluding hydrogens is 438 g/mol. The number of halogens is 1. The lowest BCUT2D eigenvalue weighted by Gasteiger charge is -2.26. The van der Waals surface area contributed by atoms with Crippen LogP contribution >= 0.6 is 15.9 Å². The summed E-state index contributed by atoms with van der Waals surface area (Å²) in [5.74, 6) is 0.638. The van der Waals surface area contributed by atoms with Crippen LogP contribution in [0.25, 0.3) is 22.2 Å². The highest BCUT2D eigenvalue weighted by molar-refractivity contribution is 9.10. The van der Waals surface area contributed by atoms with Gasteiger partial charge in [0.15, 0.2) is 6.10 Å². The maximum atomic E-state index is 13.3. The summed E-state index contributed by atoms with van der Waals surface area (Å²) in [4.78, 5) is 26.0. The molecule has 4 aromatic rings. The van der Waals surface area contributed by atoms with Crippen molar-refractivity contribution in [2.45, 2.75) is 12.6 Å². The van der Waals surface area contributed by atoms with Gasteiger partial charge in [-0.15, -0.1) is 0 Å². The van der Waals surface area contributed by atoms with Gasteiger partial charge in [0, 0.05) is 30.7 Å². The number of rotatable bonds is 2. The monoisotopic (exact) mass is 455 g/mol. The Morgan fingerprint density at radius 1 is 1.10 bits per heavy atom. The molecule has 0 saturated heterocycles.